The third kappa shape index (κ3) is 3.09. The summed E-state index contributed by atoms with van der Waals surface area (Å²) in [5.74, 6) is -0.853. The molecule has 6 heteroatoms. The second kappa shape index (κ2) is 5.67. The van der Waals surface area contributed by atoms with E-state index in [9.17, 15) is 4.79 Å². The molecule has 2 aromatic rings. The van der Waals surface area contributed by atoms with Gasteiger partial charge >= 0.3 is 5.97 Å². The predicted octanol–water partition coefficient (Wildman–Crippen LogP) is 2.86. The fourth-order valence-corrected chi connectivity index (χ4v) is 2.88. The van der Waals surface area contributed by atoms with E-state index in [1.54, 1.807) is 18.2 Å². The van der Waals surface area contributed by atoms with E-state index in [-0.39, 0.29) is 5.75 Å². The maximum atomic E-state index is 10.5. The van der Waals surface area contributed by atoms with Gasteiger partial charge in [0, 0.05) is 10.9 Å². The van der Waals surface area contributed by atoms with Gasteiger partial charge in [0.15, 0.2) is 4.34 Å². The zero-order valence-corrected chi connectivity index (χ0v) is 10.8. The number of thioether (sulfide) groups is 1. The van der Waals surface area contributed by atoms with Gasteiger partial charge in [0.25, 0.3) is 0 Å². The van der Waals surface area contributed by atoms with Crippen LogP contribution in [-0.4, -0.2) is 21.8 Å². The van der Waals surface area contributed by atoms with Crippen molar-refractivity contribution in [1.82, 2.24) is 4.98 Å². The molecule has 0 amide bonds. The summed E-state index contributed by atoms with van der Waals surface area (Å²) in [6.45, 7) is 0. The Labute approximate surface area is 112 Å². The standard InChI is InChI=1S/C12H8N2O2S2/c13-5-8-2-1-3-9(4-8)10-6-17-12(14-10)18-7-11(15)16/h1-4,6H,7H2,(H,15,16). The number of carbonyl (C=O) groups is 1. The van der Waals surface area contributed by atoms with E-state index in [0.717, 1.165) is 15.6 Å². The van der Waals surface area contributed by atoms with E-state index in [2.05, 4.69) is 11.1 Å². The van der Waals surface area contributed by atoms with Gasteiger partial charge in [-0.3, -0.25) is 4.79 Å². The molecule has 0 aliphatic rings. The Bertz CT molecular complexity index is 617. The summed E-state index contributed by atoms with van der Waals surface area (Å²) in [5, 5.41) is 19.3. The number of carboxylic acids is 1. The minimum Gasteiger partial charge on any atom is -0.481 e. The first-order valence-electron chi connectivity index (χ1n) is 4.99. The van der Waals surface area contributed by atoms with Crippen molar-refractivity contribution in [2.24, 2.45) is 0 Å². The first kappa shape index (κ1) is 12.6. The van der Waals surface area contributed by atoms with Crippen LogP contribution in [0.5, 0.6) is 0 Å². The van der Waals surface area contributed by atoms with Crippen LogP contribution >= 0.6 is 23.1 Å². The number of nitriles is 1. The summed E-state index contributed by atoms with van der Waals surface area (Å²) in [6, 6.07) is 9.25. The Morgan fingerprint density at radius 1 is 1.56 bits per heavy atom. The third-order valence-electron chi connectivity index (χ3n) is 2.09. The quantitative estimate of drug-likeness (QED) is 0.869. The van der Waals surface area contributed by atoms with Crippen molar-refractivity contribution in [1.29, 1.82) is 5.26 Å². The highest BCUT2D eigenvalue weighted by Crippen LogP contribution is 2.28. The molecule has 0 bridgehead atoms. The molecule has 2 rings (SSSR count). The van der Waals surface area contributed by atoms with Crippen molar-refractivity contribution in [3.63, 3.8) is 0 Å². The predicted molar refractivity (Wildman–Crippen MR) is 70.6 cm³/mol. The van der Waals surface area contributed by atoms with Crippen molar-refractivity contribution < 1.29 is 9.90 Å². The average molecular weight is 276 g/mol. The van der Waals surface area contributed by atoms with Gasteiger partial charge in [-0.25, -0.2) is 4.98 Å². The summed E-state index contributed by atoms with van der Waals surface area (Å²) >= 11 is 2.60. The lowest BCUT2D eigenvalue weighted by Crippen LogP contribution is -1.96. The first-order chi connectivity index (χ1) is 8.69. The van der Waals surface area contributed by atoms with Crippen molar-refractivity contribution in [3.05, 3.63) is 35.2 Å². The van der Waals surface area contributed by atoms with Gasteiger partial charge in [-0.1, -0.05) is 23.9 Å². The van der Waals surface area contributed by atoms with E-state index in [1.807, 2.05) is 11.4 Å². The lowest BCUT2D eigenvalue weighted by atomic mass is 10.1. The van der Waals surface area contributed by atoms with Gasteiger partial charge in [0.05, 0.1) is 23.1 Å². The van der Waals surface area contributed by atoms with E-state index in [1.165, 1.54) is 23.1 Å². The number of rotatable bonds is 4. The van der Waals surface area contributed by atoms with E-state index in [4.69, 9.17) is 10.4 Å². The van der Waals surface area contributed by atoms with Crippen LogP contribution in [-0.2, 0) is 4.79 Å². The van der Waals surface area contributed by atoms with Crippen LogP contribution in [0.2, 0.25) is 0 Å². The molecule has 0 atom stereocenters. The number of nitrogens with zero attached hydrogens (tertiary/aromatic N) is 2. The Morgan fingerprint density at radius 2 is 2.39 bits per heavy atom. The molecule has 0 saturated carbocycles. The number of hydrogen-bond donors (Lipinski definition) is 1. The molecule has 4 nitrogen and oxygen atoms in total. The molecule has 90 valence electrons. The highest BCUT2D eigenvalue weighted by Gasteiger charge is 2.07. The summed E-state index contributed by atoms with van der Waals surface area (Å²) in [7, 11) is 0. The zero-order valence-electron chi connectivity index (χ0n) is 9.16. The Balaban J connectivity index is 2.19. The zero-order chi connectivity index (χ0) is 13.0. The number of aliphatic carboxylic acids is 1. The van der Waals surface area contributed by atoms with Gasteiger partial charge in [0.1, 0.15) is 0 Å². The second-order valence-corrected chi connectivity index (χ2v) is 5.45. The minimum absolute atomic E-state index is 0.00515. The van der Waals surface area contributed by atoms with Crippen LogP contribution in [0.25, 0.3) is 11.3 Å². The Morgan fingerprint density at radius 3 is 3.11 bits per heavy atom. The normalized spacial score (nSPS) is 9.94. The van der Waals surface area contributed by atoms with E-state index in [0.29, 0.717) is 5.56 Å². The number of thiazole rings is 1. The minimum atomic E-state index is -0.858. The van der Waals surface area contributed by atoms with E-state index >= 15 is 0 Å². The van der Waals surface area contributed by atoms with Gasteiger partial charge in [-0.15, -0.1) is 11.3 Å². The SMILES string of the molecule is N#Cc1cccc(-c2csc(SCC(=O)O)n2)c1. The monoisotopic (exact) mass is 276 g/mol. The maximum Gasteiger partial charge on any atom is 0.313 e. The first-order valence-corrected chi connectivity index (χ1v) is 6.86. The van der Waals surface area contributed by atoms with Crippen molar-refractivity contribution >= 4 is 29.1 Å². The molecule has 1 aromatic carbocycles. The molecule has 1 aromatic heterocycles. The molecular weight excluding hydrogens is 268 g/mol. The van der Waals surface area contributed by atoms with E-state index < -0.39 is 5.97 Å². The molecule has 18 heavy (non-hydrogen) atoms. The van der Waals surface area contributed by atoms with Gasteiger partial charge in [-0.2, -0.15) is 5.26 Å². The topological polar surface area (TPSA) is 74.0 Å². The molecule has 0 aliphatic carbocycles. The lowest BCUT2D eigenvalue weighted by Gasteiger charge is -1.96. The second-order valence-electron chi connectivity index (χ2n) is 3.37. The summed E-state index contributed by atoms with van der Waals surface area (Å²) in [5.41, 5.74) is 2.22. The molecular formula is C12H8N2O2S2. The molecule has 1 heterocycles. The third-order valence-corrected chi connectivity index (χ3v) is 4.10. The molecule has 0 radical (unpaired) electrons. The number of benzene rings is 1. The van der Waals surface area contributed by atoms with Gasteiger partial charge in [-0.05, 0) is 12.1 Å². The highest BCUT2D eigenvalue weighted by molar-refractivity contribution is 8.01. The smallest absolute Gasteiger partial charge is 0.313 e. The molecule has 1 N–H and O–H groups in total. The fraction of sp³-hybridized carbons (Fsp3) is 0.0833. The molecule has 0 spiro atoms. The summed E-state index contributed by atoms with van der Waals surface area (Å²) in [4.78, 5) is 14.8. The van der Waals surface area contributed by atoms with Crippen LogP contribution in [0, 0.1) is 11.3 Å². The van der Waals surface area contributed by atoms with Crippen LogP contribution < -0.4 is 0 Å². The fourth-order valence-electron chi connectivity index (χ4n) is 1.33. The highest BCUT2D eigenvalue weighted by atomic mass is 32.2. The lowest BCUT2D eigenvalue weighted by molar-refractivity contribution is -0.133. The van der Waals surface area contributed by atoms with Crippen molar-refractivity contribution in [2.75, 3.05) is 5.75 Å². The van der Waals surface area contributed by atoms with Crippen LogP contribution in [0.3, 0.4) is 0 Å². The van der Waals surface area contributed by atoms with Crippen molar-refractivity contribution in [2.45, 2.75) is 4.34 Å². The van der Waals surface area contributed by atoms with Crippen molar-refractivity contribution in [3.8, 4) is 17.3 Å². The Kier molecular flexibility index (Phi) is 3.97. The van der Waals surface area contributed by atoms with Crippen LogP contribution in [0.15, 0.2) is 34.0 Å². The molecule has 0 unspecified atom stereocenters. The summed E-state index contributed by atoms with van der Waals surface area (Å²) < 4.78 is 0.717. The molecule has 0 aliphatic heterocycles. The van der Waals surface area contributed by atoms with Gasteiger partial charge in [0.2, 0.25) is 0 Å². The number of aromatic nitrogens is 1. The number of carboxylic acid groups (broad SMARTS) is 1. The van der Waals surface area contributed by atoms with Crippen LogP contribution in [0.4, 0.5) is 0 Å². The molecule has 0 fully saturated rings. The maximum absolute atomic E-state index is 10.5. The number of hydrogen-bond acceptors (Lipinski definition) is 5. The largest absolute Gasteiger partial charge is 0.481 e. The summed E-state index contributed by atoms with van der Waals surface area (Å²) in [6.07, 6.45) is 0. The van der Waals surface area contributed by atoms with Crippen LogP contribution in [0.1, 0.15) is 5.56 Å². The molecule has 0 saturated heterocycles. The van der Waals surface area contributed by atoms with Gasteiger partial charge < -0.3 is 5.11 Å². The Hall–Kier alpha value is -1.84. The average Bonchev–Trinajstić information content (AvgIpc) is 2.85.